The molecule has 0 unspecified atom stereocenters. The summed E-state index contributed by atoms with van der Waals surface area (Å²) in [5, 5.41) is 0. The molecule has 2 aliphatic rings. The molecule has 0 aromatic carbocycles. The van der Waals surface area contributed by atoms with Crippen molar-refractivity contribution in [1.82, 2.24) is 15.3 Å². The fourth-order valence-corrected chi connectivity index (χ4v) is 2.80. The molecule has 3 amide bonds. The molecule has 1 aliphatic heterocycles. The molecule has 2 fully saturated rings. The first kappa shape index (κ1) is 15.6. The van der Waals surface area contributed by atoms with Gasteiger partial charge in [-0.15, -0.1) is 0 Å². The monoisotopic (exact) mass is 297 g/mol. The first-order chi connectivity index (χ1) is 10.1. The van der Waals surface area contributed by atoms with Crippen molar-refractivity contribution in [2.24, 2.45) is 5.92 Å². The van der Waals surface area contributed by atoms with Gasteiger partial charge in [-0.05, 0) is 12.8 Å². The van der Waals surface area contributed by atoms with E-state index in [9.17, 15) is 14.4 Å². The van der Waals surface area contributed by atoms with Crippen LogP contribution in [0.5, 0.6) is 0 Å². The van der Waals surface area contributed by atoms with Crippen LogP contribution in [0.15, 0.2) is 0 Å². The Morgan fingerprint density at radius 1 is 0.952 bits per heavy atom. The van der Waals surface area contributed by atoms with Gasteiger partial charge >= 0.3 is 12.0 Å². The first-order valence-corrected chi connectivity index (χ1v) is 7.59. The van der Waals surface area contributed by atoms with Crippen molar-refractivity contribution in [1.29, 1.82) is 0 Å². The Morgan fingerprint density at radius 3 is 2.10 bits per heavy atom. The van der Waals surface area contributed by atoms with E-state index in [1.165, 1.54) is 6.92 Å². The highest BCUT2D eigenvalue weighted by Crippen LogP contribution is 2.24. The Hall–Kier alpha value is -1.79. The number of hydrogen-bond acceptors (Lipinski definition) is 4. The molecule has 7 heteroatoms. The van der Waals surface area contributed by atoms with Crippen molar-refractivity contribution < 1.29 is 19.2 Å². The normalized spacial score (nSPS) is 20.0. The standard InChI is InChI=1S/C14H23N3O4/c1-11(18)16-7-9-17(10-8-16)14(20)15-21-13(19)12-5-3-2-4-6-12/h12H,2-10H2,1H3,(H,15,20). The highest BCUT2D eigenvalue weighted by Gasteiger charge is 2.26. The molecule has 1 aliphatic carbocycles. The molecule has 2 rings (SSSR count). The van der Waals surface area contributed by atoms with Gasteiger partial charge in [0.2, 0.25) is 5.91 Å². The highest BCUT2D eigenvalue weighted by atomic mass is 16.7. The third-order valence-corrected chi connectivity index (χ3v) is 4.19. The van der Waals surface area contributed by atoms with Crippen molar-refractivity contribution in [2.75, 3.05) is 26.2 Å². The van der Waals surface area contributed by atoms with Crippen LogP contribution in [0.4, 0.5) is 4.79 Å². The molecule has 0 bridgehead atoms. The van der Waals surface area contributed by atoms with E-state index in [2.05, 4.69) is 5.48 Å². The molecule has 0 aromatic heterocycles. The molecule has 1 heterocycles. The summed E-state index contributed by atoms with van der Waals surface area (Å²) < 4.78 is 0. The average molecular weight is 297 g/mol. The van der Waals surface area contributed by atoms with Crippen molar-refractivity contribution in [3.8, 4) is 0 Å². The van der Waals surface area contributed by atoms with Crippen molar-refractivity contribution in [2.45, 2.75) is 39.0 Å². The molecule has 0 atom stereocenters. The molecular weight excluding hydrogens is 274 g/mol. The molecular formula is C14H23N3O4. The zero-order chi connectivity index (χ0) is 15.2. The van der Waals surface area contributed by atoms with Crippen molar-refractivity contribution in [3.63, 3.8) is 0 Å². The minimum Gasteiger partial charge on any atom is -0.339 e. The predicted molar refractivity (Wildman–Crippen MR) is 75.0 cm³/mol. The van der Waals surface area contributed by atoms with Gasteiger partial charge in [-0.2, -0.15) is 5.48 Å². The summed E-state index contributed by atoms with van der Waals surface area (Å²) in [4.78, 5) is 43.1. The van der Waals surface area contributed by atoms with Gasteiger partial charge in [0, 0.05) is 33.1 Å². The summed E-state index contributed by atoms with van der Waals surface area (Å²) in [7, 11) is 0. The molecule has 0 aromatic rings. The van der Waals surface area contributed by atoms with Gasteiger partial charge < -0.3 is 14.6 Å². The second-order valence-corrected chi connectivity index (χ2v) is 5.66. The van der Waals surface area contributed by atoms with E-state index in [0.717, 1.165) is 32.1 Å². The van der Waals surface area contributed by atoms with Crippen LogP contribution in [-0.4, -0.2) is 53.9 Å². The lowest BCUT2D eigenvalue weighted by Gasteiger charge is -2.33. The van der Waals surface area contributed by atoms with Crippen LogP contribution < -0.4 is 5.48 Å². The predicted octanol–water partition coefficient (Wildman–Crippen LogP) is 0.899. The van der Waals surface area contributed by atoms with Crippen LogP contribution in [0.1, 0.15) is 39.0 Å². The largest absolute Gasteiger partial charge is 0.350 e. The Labute approximate surface area is 124 Å². The molecule has 0 spiro atoms. The Bertz CT molecular complexity index is 399. The lowest BCUT2D eigenvalue weighted by Crippen LogP contribution is -2.53. The topological polar surface area (TPSA) is 79.0 Å². The summed E-state index contributed by atoms with van der Waals surface area (Å²) in [5.74, 6) is -0.419. The number of nitrogens with zero attached hydrogens (tertiary/aromatic N) is 2. The maximum atomic E-state index is 11.9. The molecule has 0 radical (unpaired) electrons. The van der Waals surface area contributed by atoms with Gasteiger partial charge in [0.05, 0.1) is 5.92 Å². The summed E-state index contributed by atoms with van der Waals surface area (Å²) in [6, 6.07) is -0.414. The van der Waals surface area contributed by atoms with Gasteiger partial charge in [-0.1, -0.05) is 19.3 Å². The van der Waals surface area contributed by atoms with E-state index in [-0.39, 0.29) is 17.8 Å². The summed E-state index contributed by atoms with van der Waals surface area (Å²) in [6.45, 7) is 3.44. The Kier molecular flexibility index (Phi) is 5.41. The fraction of sp³-hybridized carbons (Fsp3) is 0.786. The third kappa shape index (κ3) is 4.34. The quantitative estimate of drug-likeness (QED) is 0.729. The Morgan fingerprint density at radius 2 is 1.52 bits per heavy atom. The average Bonchev–Trinajstić information content (AvgIpc) is 2.53. The van der Waals surface area contributed by atoms with Crippen LogP contribution in [0.25, 0.3) is 0 Å². The summed E-state index contributed by atoms with van der Waals surface area (Å²) >= 11 is 0. The van der Waals surface area contributed by atoms with Gasteiger partial charge in [0.15, 0.2) is 0 Å². The van der Waals surface area contributed by atoms with E-state index in [0.29, 0.717) is 26.2 Å². The maximum Gasteiger partial charge on any atom is 0.350 e. The molecule has 1 N–H and O–H groups in total. The second kappa shape index (κ2) is 7.28. The van der Waals surface area contributed by atoms with E-state index in [1.54, 1.807) is 9.80 Å². The molecule has 1 saturated heterocycles. The number of amides is 3. The highest BCUT2D eigenvalue weighted by molar-refractivity contribution is 5.78. The lowest BCUT2D eigenvalue weighted by atomic mass is 9.89. The SMILES string of the molecule is CC(=O)N1CCN(C(=O)NOC(=O)C2CCCCC2)CC1. The fourth-order valence-electron chi connectivity index (χ4n) is 2.80. The zero-order valence-corrected chi connectivity index (χ0v) is 12.5. The van der Waals surface area contributed by atoms with Gasteiger partial charge in [-0.3, -0.25) is 4.79 Å². The zero-order valence-electron chi connectivity index (χ0n) is 12.5. The minimum atomic E-state index is -0.414. The number of nitrogens with one attached hydrogen (secondary N) is 1. The van der Waals surface area contributed by atoms with Gasteiger partial charge in [0.1, 0.15) is 0 Å². The number of carbonyl (C=O) groups excluding carboxylic acids is 3. The van der Waals surface area contributed by atoms with E-state index < -0.39 is 6.03 Å². The van der Waals surface area contributed by atoms with Crippen LogP contribution in [0.2, 0.25) is 0 Å². The lowest BCUT2D eigenvalue weighted by molar-refractivity contribution is -0.155. The van der Waals surface area contributed by atoms with Crippen LogP contribution in [0, 0.1) is 5.92 Å². The number of hydrogen-bond donors (Lipinski definition) is 1. The molecule has 1 saturated carbocycles. The van der Waals surface area contributed by atoms with Gasteiger partial charge in [0.25, 0.3) is 0 Å². The Balaban J connectivity index is 1.70. The van der Waals surface area contributed by atoms with E-state index in [1.807, 2.05) is 0 Å². The number of piperazine rings is 1. The van der Waals surface area contributed by atoms with Crippen molar-refractivity contribution in [3.05, 3.63) is 0 Å². The minimum absolute atomic E-state index is 0.0128. The van der Waals surface area contributed by atoms with E-state index in [4.69, 9.17) is 4.84 Å². The molecule has 118 valence electrons. The number of rotatable bonds is 1. The first-order valence-electron chi connectivity index (χ1n) is 7.59. The number of urea groups is 1. The smallest absolute Gasteiger partial charge is 0.339 e. The third-order valence-electron chi connectivity index (χ3n) is 4.19. The molecule has 7 nitrogen and oxygen atoms in total. The van der Waals surface area contributed by atoms with Crippen LogP contribution in [0.3, 0.4) is 0 Å². The number of hydroxylamine groups is 1. The van der Waals surface area contributed by atoms with E-state index >= 15 is 0 Å². The summed E-state index contributed by atoms with van der Waals surface area (Å²) in [6.07, 6.45) is 4.93. The van der Waals surface area contributed by atoms with Crippen LogP contribution >= 0.6 is 0 Å². The molecule has 21 heavy (non-hydrogen) atoms. The summed E-state index contributed by atoms with van der Waals surface area (Å²) in [5.41, 5.74) is 2.23. The van der Waals surface area contributed by atoms with Gasteiger partial charge in [-0.25, -0.2) is 9.59 Å². The number of carbonyl (C=O) groups is 3. The second-order valence-electron chi connectivity index (χ2n) is 5.66. The maximum absolute atomic E-state index is 11.9. The van der Waals surface area contributed by atoms with Crippen molar-refractivity contribution >= 4 is 17.9 Å². The van der Waals surface area contributed by atoms with Crippen LogP contribution in [-0.2, 0) is 14.4 Å².